The third-order valence-electron chi connectivity index (χ3n) is 3.38. The number of hydrogen-bond donors (Lipinski definition) is 0. The van der Waals surface area contributed by atoms with Crippen molar-refractivity contribution in [2.45, 2.75) is 12.2 Å². The lowest BCUT2D eigenvalue weighted by Crippen LogP contribution is -2.31. The maximum absolute atomic E-state index is 13.0. The number of pyridine rings is 1. The van der Waals surface area contributed by atoms with Gasteiger partial charge in [-0.05, 0) is 35.7 Å². The van der Waals surface area contributed by atoms with Gasteiger partial charge in [-0.15, -0.1) is 0 Å². The first-order chi connectivity index (χ1) is 9.97. The fraction of sp³-hybridized carbons (Fsp3) is 0.214. The van der Waals surface area contributed by atoms with E-state index in [4.69, 9.17) is 11.6 Å². The van der Waals surface area contributed by atoms with Crippen LogP contribution in [0.2, 0.25) is 5.02 Å². The van der Waals surface area contributed by atoms with Gasteiger partial charge >= 0.3 is 0 Å². The van der Waals surface area contributed by atoms with E-state index in [1.807, 2.05) is 6.07 Å². The van der Waals surface area contributed by atoms with Gasteiger partial charge in [0.1, 0.15) is 11.6 Å². The lowest BCUT2D eigenvalue weighted by molar-refractivity contribution is 0.590. The molecule has 2 heterocycles. The molecule has 0 atom stereocenters. The van der Waals surface area contributed by atoms with E-state index in [1.165, 1.54) is 16.4 Å². The highest BCUT2D eigenvalue weighted by Crippen LogP contribution is 2.30. The van der Waals surface area contributed by atoms with Crippen LogP contribution >= 0.6 is 11.6 Å². The normalized spacial score (nSPS) is 14.3. The Morgan fingerprint density at radius 2 is 2.14 bits per heavy atom. The maximum Gasteiger partial charge on any atom is 0.240 e. The minimum atomic E-state index is -3.60. The Morgan fingerprint density at radius 3 is 2.90 bits per heavy atom. The Kier molecular flexibility index (Phi) is 3.59. The average Bonchev–Trinajstić information content (AvgIpc) is 2.86. The highest BCUT2D eigenvalue weighted by Gasteiger charge is 2.30. The summed E-state index contributed by atoms with van der Waals surface area (Å²) in [6.07, 6.45) is 2.21. The van der Waals surface area contributed by atoms with Crippen molar-refractivity contribution in [3.8, 4) is 0 Å². The largest absolute Gasteiger partial charge is 0.253 e. The lowest BCUT2D eigenvalue weighted by atomic mass is 10.2. The number of sulfonamides is 1. The number of nitrogens with zero attached hydrogens (tertiary/aromatic N) is 2. The number of anilines is 1. The fourth-order valence-corrected chi connectivity index (χ4v) is 4.27. The first-order valence-electron chi connectivity index (χ1n) is 6.35. The molecule has 0 fully saturated rings. The van der Waals surface area contributed by atoms with Gasteiger partial charge < -0.3 is 0 Å². The molecule has 0 spiro atoms. The molecule has 4 nitrogen and oxygen atoms in total. The fourth-order valence-electron chi connectivity index (χ4n) is 2.36. The molecule has 1 aliphatic heterocycles. The van der Waals surface area contributed by atoms with Gasteiger partial charge in [0.05, 0.1) is 5.75 Å². The molecule has 0 aliphatic carbocycles. The quantitative estimate of drug-likeness (QED) is 0.871. The van der Waals surface area contributed by atoms with Gasteiger partial charge in [0.2, 0.25) is 10.0 Å². The minimum absolute atomic E-state index is 0.110. The third kappa shape index (κ3) is 2.73. The second kappa shape index (κ2) is 5.27. The molecule has 0 saturated heterocycles. The molecule has 1 aromatic carbocycles. The number of hydrogen-bond acceptors (Lipinski definition) is 3. The zero-order valence-electron chi connectivity index (χ0n) is 11.0. The van der Waals surface area contributed by atoms with Crippen molar-refractivity contribution in [2.75, 3.05) is 10.8 Å². The first kappa shape index (κ1) is 14.3. The molecule has 3 rings (SSSR count). The van der Waals surface area contributed by atoms with Crippen molar-refractivity contribution in [3.05, 3.63) is 58.5 Å². The van der Waals surface area contributed by atoms with Crippen LogP contribution in [0.1, 0.15) is 11.1 Å². The smallest absolute Gasteiger partial charge is 0.240 e. The molecule has 0 saturated carbocycles. The summed E-state index contributed by atoms with van der Waals surface area (Å²) < 4.78 is 39.4. The van der Waals surface area contributed by atoms with Gasteiger partial charge in [0, 0.05) is 17.8 Å². The zero-order valence-corrected chi connectivity index (χ0v) is 12.5. The van der Waals surface area contributed by atoms with Crippen LogP contribution in [0.15, 0.2) is 36.5 Å². The van der Waals surface area contributed by atoms with E-state index in [-0.39, 0.29) is 10.8 Å². The van der Waals surface area contributed by atoms with Crippen molar-refractivity contribution in [1.29, 1.82) is 0 Å². The molecular formula is C14H12ClFN2O2S. The number of aromatic nitrogens is 1. The van der Waals surface area contributed by atoms with Gasteiger partial charge in [-0.3, -0.25) is 4.31 Å². The van der Waals surface area contributed by atoms with Gasteiger partial charge in [-0.1, -0.05) is 23.7 Å². The van der Waals surface area contributed by atoms with E-state index in [0.29, 0.717) is 24.3 Å². The van der Waals surface area contributed by atoms with Gasteiger partial charge in [0.15, 0.2) is 0 Å². The Hall–Kier alpha value is -1.66. The summed E-state index contributed by atoms with van der Waals surface area (Å²) in [5, 5.41) is 0.110. The summed E-state index contributed by atoms with van der Waals surface area (Å²) in [6, 6.07) is 7.36. The average molecular weight is 327 g/mol. The van der Waals surface area contributed by atoms with E-state index in [0.717, 1.165) is 11.6 Å². The molecule has 0 N–H and O–H groups in total. The van der Waals surface area contributed by atoms with E-state index in [2.05, 4.69) is 4.98 Å². The molecule has 0 radical (unpaired) electrons. The lowest BCUT2D eigenvalue weighted by Gasteiger charge is -2.18. The highest BCUT2D eigenvalue weighted by atomic mass is 35.5. The van der Waals surface area contributed by atoms with E-state index >= 15 is 0 Å². The van der Waals surface area contributed by atoms with Crippen LogP contribution in [0.25, 0.3) is 0 Å². The SMILES string of the molecule is O=S(=O)(Cc1ccc(F)cc1Cl)N1CCc2cccnc21. The molecule has 0 amide bonds. The molecular weight excluding hydrogens is 315 g/mol. The predicted octanol–water partition coefficient (Wildman–Crippen LogP) is 2.77. The van der Waals surface area contributed by atoms with E-state index < -0.39 is 15.8 Å². The standard InChI is InChI=1S/C14H12ClFN2O2S/c15-13-8-12(16)4-3-11(13)9-21(19,20)18-7-5-10-2-1-6-17-14(10)18/h1-4,6,8H,5,7,9H2. The van der Waals surface area contributed by atoms with Crippen LogP contribution in [0.5, 0.6) is 0 Å². The van der Waals surface area contributed by atoms with E-state index in [9.17, 15) is 12.8 Å². The first-order valence-corrected chi connectivity index (χ1v) is 8.34. The number of halogens is 2. The van der Waals surface area contributed by atoms with Crippen LogP contribution in [0.3, 0.4) is 0 Å². The van der Waals surface area contributed by atoms with Crippen LogP contribution in [0, 0.1) is 5.82 Å². The Labute approximate surface area is 127 Å². The monoisotopic (exact) mass is 326 g/mol. The topological polar surface area (TPSA) is 50.3 Å². The second-order valence-corrected chi connectivity index (χ2v) is 7.10. The summed E-state index contributed by atoms with van der Waals surface area (Å²) in [7, 11) is -3.60. The van der Waals surface area contributed by atoms with Crippen LogP contribution in [-0.4, -0.2) is 19.9 Å². The molecule has 21 heavy (non-hydrogen) atoms. The van der Waals surface area contributed by atoms with Crippen molar-refractivity contribution in [3.63, 3.8) is 0 Å². The zero-order chi connectivity index (χ0) is 15.0. The minimum Gasteiger partial charge on any atom is -0.253 e. The Bertz CT molecular complexity index is 795. The molecule has 0 unspecified atom stereocenters. The van der Waals surface area contributed by atoms with Crippen molar-refractivity contribution >= 4 is 27.4 Å². The van der Waals surface area contributed by atoms with Crippen molar-refractivity contribution < 1.29 is 12.8 Å². The van der Waals surface area contributed by atoms with Crippen LogP contribution in [-0.2, 0) is 22.2 Å². The van der Waals surface area contributed by atoms with Crippen molar-refractivity contribution in [2.24, 2.45) is 0 Å². The van der Waals surface area contributed by atoms with Crippen LogP contribution in [0.4, 0.5) is 10.2 Å². The molecule has 1 aliphatic rings. The number of fused-ring (bicyclic) bond motifs is 1. The number of benzene rings is 1. The molecule has 1 aromatic heterocycles. The predicted molar refractivity (Wildman–Crippen MR) is 79.3 cm³/mol. The summed E-state index contributed by atoms with van der Waals surface area (Å²) >= 11 is 5.90. The maximum atomic E-state index is 13.0. The van der Waals surface area contributed by atoms with Crippen molar-refractivity contribution in [1.82, 2.24) is 4.98 Å². The van der Waals surface area contributed by atoms with Crippen LogP contribution < -0.4 is 4.31 Å². The summed E-state index contributed by atoms with van der Waals surface area (Å²) in [6.45, 7) is 0.369. The van der Waals surface area contributed by atoms with E-state index in [1.54, 1.807) is 12.3 Å². The molecule has 7 heteroatoms. The molecule has 2 aromatic rings. The summed E-state index contributed by atoms with van der Waals surface area (Å²) in [4.78, 5) is 4.14. The summed E-state index contributed by atoms with van der Waals surface area (Å²) in [5.74, 6) is -0.299. The Morgan fingerprint density at radius 1 is 1.33 bits per heavy atom. The van der Waals surface area contributed by atoms with Gasteiger partial charge in [-0.25, -0.2) is 17.8 Å². The van der Waals surface area contributed by atoms with Gasteiger partial charge in [0.25, 0.3) is 0 Å². The number of rotatable bonds is 3. The highest BCUT2D eigenvalue weighted by molar-refractivity contribution is 7.92. The molecule has 110 valence electrons. The second-order valence-electron chi connectivity index (χ2n) is 4.80. The third-order valence-corrected chi connectivity index (χ3v) is 5.43. The summed E-state index contributed by atoms with van der Waals surface area (Å²) in [5.41, 5.74) is 1.29. The Balaban J connectivity index is 1.92. The van der Waals surface area contributed by atoms with Gasteiger partial charge in [-0.2, -0.15) is 0 Å². The molecule has 0 bridgehead atoms.